The first-order valence-corrected chi connectivity index (χ1v) is 10.1. The van der Waals surface area contributed by atoms with Crippen molar-refractivity contribution in [2.75, 3.05) is 13.2 Å². The number of imidazole rings is 1. The first-order chi connectivity index (χ1) is 14.8. The molecule has 2 aromatic carbocycles. The summed E-state index contributed by atoms with van der Waals surface area (Å²) in [5, 5.41) is 3.44. The van der Waals surface area contributed by atoms with Crippen LogP contribution in [0.25, 0.3) is 5.65 Å². The number of para-hydroxylation sites is 2. The molecule has 0 amide bonds. The van der Waals surface area contributed by atoms with Gasteiger partial charge in [0.2, 0.25) is 0 Å². The van der Waals surface area contributed by atoms with Crippen LogP contribution in [-0.4, -0.2) is 28.6 Å². The van der Waals surface area contributed by atoms with Gasteiger partial charge in [0.25, 0.3) is 0 Å². The van der Waals surface area contributed by atoms with E-state index in [4.69, 9.17) is 14.2 Å². The van der Waals surface area contributed by atoms with E-state index in [9.17, 15) is 0 Å². The minimum atomic E-state index is 0.00735. The third-order valence-electron chi connectivity index (χ3n) is 4.99. The third-order valence-corrected chi connectivity index (χ3v) is 4.99. The molecule has 4 aromatic rings. The minimum Gasteiger partial charge on any atom is -0.487 e. The fourth-order valence-corrected chi connectivity index (χ4v) is 3.46. The lowest BCUT2D eigenvalue weighted by atomic mass is 10.2. The van der Waals surface area contributed by atoms with E-state index in [0.717, 1.165) is 41.7 Å². The second-order valence-corrected chi connectivity index (χ2v) is 7.26. The molecule has 1 atom stereocenters. The Morgan fingerprint density at radius 1 is 1.00 bits per heavy atom. The normalized spacial score (nSPS) is 15.3. The van der Waals surface area contributed by atoms with Gasteiger partial charge in [-0.2, -0.15) is 0 Å². The maximum absolute atomic E-state index is 5.97. The largest absolute Gasteiger partial charge is 0.487 e. The van der Waals surface area contributed by atoms with Crippen LogP contribution in [0.3, 0.4) is 0 Å². The Labute approximate surface area is 175 Å². The fourth-order valence-electron chi connectivity index (χ4n) is 3.46. The number of ether oxygens (including phenoxy) is 3. The molecular formula is C24H23N3O3. The molecule has 0 unspecified atom stereocenters. The van der Waals surface area contributed by atoms with Crippen LogP contribution in [0.1, 0.15) is 11.3 Å². The molecule has 0 radical (unpaired) electrons. The Morgan fingerprint density at radius 2 is 1.83 bits per heavy atom. The van der Waals surface area contributed by atoms with Gasteiger partial charge in [-0.25, -0.2) is 4.98 Å². The summed E-state index contributed by atoms with van der Waals surface area (Å²) in [6.07, 6.45) is 3.98. The Morgan fingerprint density at radius 3 is 2.70 bits per heavy atom. The maximum Gasteiger partial charge on any atom is 0.161 e. The number of hydrogen-bond acceptors (Lipinski definition) is 5. The Kier molecular flexibility index (Phi) is 5.23. The molecule has 0 fully saturated rings. The van der Waals surface area contributed by atoms with E-state index < -0.39 is 0 Å². The van der Waals surface area contributed by atoms with Crippen molar-refractivity contribution in [2.45, 2.75) is 19.3 Å². The molecule has 5 rings (SSSR count). The van der Waals surface area contributed by atoms with E-state index in [1.165, 1.54) is 5.56 Å². The van der Waals surface area contributed by atoms with Gasteiger partial charge in [0.15, 0.2) is 11.5 Å². The highest BCUT2D eigenvalue weighted by Crippen LogP contribution is 2.30. The zero-order valence-electron chi connectivity index (χ0n) is 16.5. The number of pyridine rings is 1. The number of hydrogen-bond donors (Lipinski definition) is 1. The number of aromatic nitrogens is 2. The van der Waals surface area contributed by atoms with E-state index in [2.05, 4.69) is 22.4 Å². The van der Waals surface area contributed by atoms with Gasteiger partial charge < -0.3 is 23.9 Å². The predicted octanol–water partition coefficient (Wildman–Crippen LogP) is 3.84. The fraction of sp³-hybridized carbons (Fsp3) is 0.208. The standard InChI is InChI=1S/C24H23N3O3/c1-2-6-23-22(5-1)29-17-21(30-23)14-25-13-18-8-10-20(11-9-18)28-16-19-15-27-12-4-3-7-24(27)26-19/h1-12,15,21,25H,13-14,16-17H2/t21-/m1/s1. The van der Waals surface area contributed by atoms with Gasteiger partial charge in [-0.15, -0.1) is 0 Å². The van der Waals surface area contributed by atoms with Crippen LogP contribution in [0.4, 0.5) is 0 Å². The summed E-state index contributed by atoms with van der Waals surface area (Å²) in [6.45, 7) is 2.48. The van der Waals surface area contributed by atoms with E-state index in [0.29, 0.717) is 13.2 Å². The van der Waals surface area contributed by atoms with Crippen LogP contribution in [0.5, 0.6) is 17.2 Å². The number of nitrogens with zero attached hydrogens (tertiary/aromatic N) is 2. The Balaban J connectivity index is 1.09. The Hall–Kier alpha value is -3.51. The second kappa shape index (κ2) is 8.47. The molecule has 0 bridgehead atoms. The molecule has 0 saturated carbocycles. The summed E-state index contributed by atoms with van der Waals surface area (Å²) >= 11 is 0. The van der Waals surface area contributed by atoms with Gasteiger partial charge in [-0.05, 0) is 42.0 Å². The van der Waals surface area contributed by atoms with Crippen LogP contribution in [0.15, 0.2) is 79.1 Å². The minimum absolute atomic E-state index is 0.00735. The molecule has 152 valence electrons. The van der Waals surface area contributed by atoms with Crippen LogP contribution in [0, 0.1) is 0 Å². The Bertz CT molecular complexity index is 1090. The maximum atomic E-state index is 5.97. The molecule has 2 aromatic heterocycles. The highest BCUT2D eigenvalue weighted by molar-refractivity contribution is 5.41. The van der Waals surface area contributed by atoms with E-state index in [1.54, 1.807) is 0 Å². The van der Waals surface area contributed by atoms with Crippen molar-refractivity contribution in [2.24, 2.45) is 0 Å². The monoisotopic (exact) mass is 401 g/mol. The number of benzene rings is 2. The lowest BCUT2D eigenvalue weighted by Crippen LogP contribution is -2.38. The molecular weight excluding hydrogens is 378 g/mol. The molecule has 3 heterocycles. The average molecular weight is 401 g/mol. The topological polar surface area (TPSA) is 57.0 Å². The first-order valence-electron chi connectivity index (χ1n) is 10.1. The number of fused-ring (bicyclic) bond motifs is 2. The van der Waals surface area contributed by atoms with Gasteiger partial charge >= 0.3 is 0 Å². The van der Waals surface area contributed by atoms with Crippen LogP contribution in [0.2, 0.25) is 0 Å². The highest BCUT2D eigenvalue weighted by atomic mass is 16.6. The highest BCUT2D eigenvalue weighted by Gasteiger charge is 2.19. The van der Waals surface area contributed by atoms with Crippen LogP contribution >= 0.6 is 0 Å². The van der Waals surface area contributed by atoms with Gasteiger partial charge in [0.05, 0.1) is 5.69 Å². The molecule has 0 spiro atoms. The quantitative estimate of drug-likeness (QED) is 0.510. The van der Waals surface area contributed by atoms with Gasteiger partial charge in [0, 0.05) is 25.5 Å². The van der Waals surface area contributed by atoms with Crippen molar-refractivity contribution in [1.29, 1.82) is 0 Å². The van der Waals surface area contributed by atoms with Crippen LogP contribution < -0.4 is 19.5 Å². The van der Waals surface area contributed by atoms with Crippen molar-refractivity contribution < 1.29 is 14.2 Å². The van der Waals surface area contributed by atoms with Gasteiger partial charge in [-0.1, -0.05) is 30.3 Å². The summed E-state index contributed by atoms with van der Waals surface area (Å²) in [5.41, 5.74) is 3.02. The molecule has 0 saturated heterocycles. The van der Waals surface area contributed by atoms with Crippen molar-refractivity contribution in [3.8, 4) is 17.2 Å². The zero-order chi connectivity index (χ0) is 20.2. The first kappa shape index (κ1) is 18.5. The lowest BCUT2D eigenvalue weighted by Gasteiger charge is -2.26. The van der Waals surface area contributed by atoms with Crippen molar-refractivity contribution in [3.05, 3.63) is 90.4 Å². The lowest BCUT2D eigenvalue weighted by molar-refractivity contribution is 0.0902. The zero-order valence-corrected chi connectivity index (χ0v) is 16.5. The summed E-state index contributed by atoms with van der Waals surface area (Å²) < 4.78 is 19.6. The van der Waals surface area contributed by atoms with Gasteiger partial charge in [-0.3, -0.25) is 0 Å². The van der Waals surface area contributed by atoms with Gasteiger partial charge in [0.1, 0.15) is 30.7 Å². The molecule has 1 aliphatic rings. The smallest absolute Gasteiger partial charge is 0.161 e. The molecule has 0 aliphatic carbocycles. The predicted molar refractivity (Wildman–Crippen MR) is 114 cm³/mol. The molecule has 6 nitrogen and oxygen atoms in total. The molecule has 1 N–H and O–H groups in total. The second-order valence-electron chi connectivity index (χ2n) is 7.26. The summed E-state index contributed by atoms with van der Waals surface area (Å²) in [5.74, 6) is 2.45. The third kappa shape index (κ3) is 4.23. The van der Waals surface area contributed by atoms with E-state index in [1.807, 2.05) is 71.4 Å². The molecule has 30 heavy (non-hydrogen) atoms. The SMILES string of the molecule is c1ccc2c(c1)OC[C@@H](CNCc1ccc(OCc3cn4ccccc4n3)cc1)O2. The van der Waals surface area contributed by atoms with E-state index in [-0.39, 0.29) is 6.10 Å². The van der Waals surface area contributed by atoms with Crippen LogP contribution in [-0.2, 0) is 13.2 Å². The van der Waals surface area contributed by atoms with Crippen molar-refractivity contribution in [3.63, 3.8) is 0 Å². The van der Waals surface area contributed by atoms with E-state index >= 15 is 0 Å². The summed E-state index contributed by atoms with van der Waals surface area (Å²) in [6, 6.07) is 21.8. The number of nitrogens with one attached hydrogen (secondary N) is 1. The summed E-state index contributed by atoms with van der Waals surface area (Å²) in [4.78, 5) is 4.55. The molecule has 1 aliphatic heterocycles. The number of rotatable bonds is 7. The summed E-state index contributed by atoms with van der Waals surface area (Å²) in [7, 11) is 0. The average Bonchev–Trinajstić information content (AvgIpc) is 3.21. The van der Waals surface area contributed by atoms with Crippen molar-refractivity contribution >= 4 is 5.65 Å². The molecule has 6 heteroatoms. The van der Waals surface area contributed by atoms with Crippen molar-refractivity contribution in [1.82, 2.24) is 14.7 Å².